The van der Waals surface area contributed by atoms with Crippen LogP contribution in [0.3, 0.4) is 0 Å². The first-order valence-corrected chi connectivity index (χ1v) is 7.42. The van der Waals surface area contributed by atoms with Gasteiger partial charge in [0.25, 0.3) is 0 Å². The van der Waals surface area contributed by atoms with Crippen molar-refractivity contribution >= 4 is 11.4 Å². The van der Waals surface area contributed by atoms with Gasteiger partial charge in [0.15, 0.2) is 5.78 Å². The van der Waals surface area contributed by atoms with Crippen LogP contribution in [0.2, 0.25) is 0 Å². The van der Waals surface area contributed by atoms with Crippen LogP contribution in [0.4, 0.5) is 0 Å². The van der Waals surface area contributed by atoms with Crippen molar-refractivity contribution in [2.24, 2.45) is 0 Å². The number of aliphatic hydroxyl groups is 1. The summed E-state index contributed by atoms with van der Waals surface area (Å²) in [5, 5.41) is 10.4. The highest BCUT2D eigenvalue weighted by molar-refractivity contribution is 5.97. The highest BCUT2D eigenvalue weighted by atomic mass is 16.3. The third-order valence-electron chi connectivity index (χ3n) is 4.09. The maximum Gasteiger partial charge on any atom is 0.160 e. The second-order valence-corrected chi connectivity index (χ2v) is 5.56. The van der Waals surface area contributed by atoms with Gasteiger partial charge in [0.1, 0.15) is 5.76 Å². The fourth-order valence-corrected chi connectivity index (χ4v) is 3.05. The van der Waals surface area contributed by atoms with Crippen LogP contribution in [0.5, 0.6) is 0 Å². The number of rotatable bonds is 3. The molecule has 110 valence electrons. The molecule has 0 aromatic heterocycles. The summed E-state index contributed by atoms with van der Waals surface area (Å²) >= 11 is 0. The van der Waals surface area contributed by atoms with Crippen LogP contribution in [0, 0.1) is 0 Å². The summed E-state index contributed by atoms with van der Waals surface area (Å²) in [6.07, 6.45) is 2.44. The molecule has 22 heavy (non-hydrogen) atoms. The lowest BCUT2D eigenvalue weighted by molar-refractivity contribution is -0.114. The lowest BCUT2D eigenvalue weighted by atomic mass is 9.78. The second kappa shape index (κ2) is 6.02. The van der Waals surface area contributed by atoms with Crippen LogP contribution < -0.4 is 0 Å². The summed E-state index contributed by atoms with van der Waals surface area (Å²) < 4.78 is 0. The molecule has 1 unspecified atom stereocenters. The Morgan fingerprint density at radius 3 is 2.18 bits per heavy atom. The van der Waals surface area contributed by atoms with E-state index in [-0.39, 0.29) is 17.5 Å². The molecule has 0 saturated heterocycles. The van der Waals surface area contributed by atoms with E-state index in [1.807, 2.05) is 60.7 Å². The molecule has 1 aliphatic rings. The largest absolute Gasteiger partial charge is 0.508 e. The van der Waals surface area contributed by atoms with Gasteiger partial charge in [0.2, 0.25) is 0 Å². The van der Waals surface area contributed by atoms with Gasteiger partial charge in [-0.1, -0.05) is 60.7 Å². The van der Waals surface area contributed by atoms with E-state index in [0.717, 1.165) is 16.7 Å². The molecular weight excluding hydrogens is 272 g/mol. The topological polar surface area (TPSA) is 37.3 Å². The zero-order valence-electron chi connectivity index (χ0n) is 12.5. The third kappa shape index (κ3) is 2.73. The van der Waals surface area contributed by atoms with Crippen molar-refractivity contribution in [3.8, 4) is 0 Å². The van der Waals surface area contributed by atoms with E-state index in [9.17, 15) is 9.90 Å². The van der Waals surface area contributed by atoms with E-state index >= 15 is 0 Å². The molecule has 0 aliphatic heterocycles. The van der Waals surface area contributed by atoms with Crippen molar-refractivity contribution in [2.75, 3.05) is 0 Å². The Labute approximate surface area is 130 Å². The average molecular weight is 290 g/mol. The monoisotopic (exact) mass is 290 g/mol. The first-order chi connectivity index (χ1) is 10.7. The Balaban J connectivity index is 2.08. The van der Waals surface area contributed by atoms with E-state index in [1.54, 1.807) is 6.08 Å². The highest BCUT2D eigenvalue weighted by Crippen LogP contribution is 2.40. The molecule has 2 aromatic carbocycles. The minimum Gasteiger partial charge on any atom is -0.508 e. The molecule has 1 atom stereocenters. The molecule has 3 rings (SSSR count). The Morgan fingerprint density at radius 2 is 1.59 bits per heavy atom. The summed E-state index contributed by atoms with van der Waals surface area (Å²) in [5.74, 6) is -0.0833. The fraction of sp³-hybridized carbons (Fsp3) is 0.150. The van der Waals surface area contributed by atoms with E-state index in [0.29, 0.717) is 12.0 Å². The number of Topliss-reactive ketones (excluding diaryl/α,β-unsaturated/α-hetero) is 1. The SMILES string of the molecule is CC(=O)C1=C(O)C=C(c2ccccc2)CC1c1ccccc1. The molecule has 1 N–H and O–H groups in total. The second-order valence-electron chi connectivity index (χ2n) is 5.56. The molecule has 2 nitrogen and oxygen atoms in total. The standard InChI is InChI=1S/C20H18O2/c1-14(21)20-18(16-10-6-3-7-11-16)12-17(13-19(20)22)15-8-4-2-5-9-15/h2-11,13,18,22H,12H2,1H3. The number of allylic oxidation sites excluding steroid dienone is 3. The highest BCUT2D eigenvalue weighted by Gasteiger charge is 2.28. The number of aliphatic hydroxyl groups excluding tert-OH is 1. The summed E-state index contributed by atoms with van der Waals surface area (Å²) in [4.78, 5) is 12.0. The van der Waals surface area contributed by atoms with E-state index in [1.165, 1.54) is 6.92 Å². The van der Waals surface area contributed by atoms with Gasteiger partial charge in [-0.05, 0) is 36.1 Å². The number of benzene rings is 2. The van der Waals surface area contributed by atoms with Crippen LogP contribution in [0.25, 0.3) is 5.57 Å². The molecule has 0 fully saturated rings. The number of hydrogen-bond acceptors (Lipinski definition) is 2. The number of ketones is 1. The lowest BCUT2D eigenvalue weighted by Gasteiger charge is -2.26. The van der Waals surface area contributed by atoms with Crippen LogP contribution in [0.15, 0.2) is 78.1 Å². The van der Waals surface area contributed by atoms with E-state index in [4.69, 9.17) is 0 Å². The molecule has 0 heterocycles. The number of hydrogen-bond donors (Lipinski definition) is 1. The zero-order chi connectivity index (χ0) is 15.5. The molecular formula is C20H18O2. The predicted molar refractivity (Wildman–Crippen MR) is 88.6 cm³/mol. The van der Waals surface area contributed by atoms with Gasteiger partial charge >= 0.3 is 0 Å². The minimum atomic E-state index is -0.0982. The first-order valence-electron chi connectivity index (χ1n) is 7.42. The van der Waals surface area contributed by atoms with Crippen molar-refractivity contribution in [3.63, 3.8) is 0 Å². The Kier molecular flexibility index (Phi) is 3.92. The minimum absolute atomic E-state index is 0.0743. The first kappa shape index (κ1) is 14.3. The van der Waals surface area contributed by atoms with E-state index in [2.05, 4.69) is 0 Å². The van der Waals surface area contributed by atoms with Gasteiger partial charge in [-0.25, -0.2) is 0 Å². The molecule has 1 aliphatic carbocycles. The predicted octanol–water partition coefficient (Wildman–Crippen LogP) is 4.66. The number of carbonyl (C=O) groups excluding carboxylic acids is 1. The summed E-state index contributed by atoms with van der Waals surface area (Å²) in [6, 6.07) is 19.9. The van der Waals surface area contributed by atoms with Gasteiger partial charge in [0.05, 0.1) is 0 Å². The fourth-order valence-electron chi connectivity index (χ4n) is 3.05. The molecule has 2 aromatic rings. The van der Waals surface area contributed by atoms with Gasteiger partial charge in [-0.15, -0.1) is 0 Å². The lowest BCUT2D eigenvalue weighted by Crippen LogP contribution is -2.16. The Bertz CT molecular complexity index is 740. The van der Waals surface area contributed by atoms with Crippen LogP contribution >= 0.6 is 0 Å². The Hall–Kier alpha value is -2.61. The van der Waals surface area contributed by atoms with Crippen LogP contribution in [0.1, 0.15) is 30.4 Å². The summed E-state index contributed by atoms with van der Waals surface area (Å²) in [7, 11) is 0. The van der Waals surface area contributed by atoms with Gasteiger partial charge in [-0.3, -0.25) is 4.79 Å². The molecule has 0 bridgehead atoms. The quantitative estimate of drug-likeness (QED) is 0.892. The molecule has 0 amide bonds. The van der Waals surface area contributed by atoms with Gasteiger partial charge < -0.3 is 5.11 Å². The van der Waals surface area contributed by atoms with Crippen molar-refractivity contribution in [1.29, 1.82) is 0 Å². The van der Waals surface area contributed by atoms with Gasteiger partial charge in [-0.2, -0.15) is 0 Å². The van der Waals surface area contributed by atoms with E-state index < -0.39 is 0 Å². The smallest absolute Gasteiger partial charge is 0.160 e. The number of carbonyl (C=O) groups is 1. The zero-order valence-corrected chi connectivity index (χ0v) is 12.5. The van der Waals surface area contributed by atoms with Crippen molar-refractivity contribution in [1.82, 2.24) is 0 Å². The van der Waals surface area contributed by atoms with Crippen molar-refractivity contribution in [2.45, 2.75) is 19.3 Å². The summed E-state index contributed by atoms with van der Waals surface area (Å²) in [6.45, 7) is 1.52. The van der Waals surface area contributed by atoms with Crippen LogP contribution in [-0.4, -0.2) is 10.9 Å². The van der Waals surface area contributed by atoms with Gasteiger partial charge in [0, 0.05) is 11.5 Å². The molecule has 0 spiro atoms. The summed E-state index contributed by atoms with van der Waals surface area (Å²) in [5.41, 5.74) is 3.70. The maximum atomic E-state index is 12.0. The molecule has 2 heteroatoms. The maximum absolute atomic E-state index is 12.0. The normalized spacial score (nSPS) is 18.0. The molecule has 0 radical (unpaired) electrons. The molecule has 0 saturated carbocycles. The average Bonchev–Trinajstić information content (AvgIpc) is 2.55. The van der Waals surface area contributed by atoms with Crippen molar-refractivity contribution < 1.29 is 9.90 Å². The third-order valence-corrected chi connectivity index (χ3v) is 4.09. The van der Waals surface area contributed by atoms with Crippen LogP contribution in [-0.2, 0) is 4.79 Å². The Morgan fingerprint density at radius 1 is 1.00 bits per heavy atom. The van der Waals surface area contributed by atoms with Crippen molar-refractivity contribution in [3.05, 3.63) is 89.2 Å².